The molecule has 2 aliphatic rings. The predicted molar refractivity (Wildman–Crippen MR) is 157 cm³/mol. The average Bonchev–Trinajstić information content (AvgIpc) is 3.38. The van der Waals surface area contributed by atoms with Crippen LogP contribution in [0, 0.1) is 5.82 Å². The number of thioether (sulfide) groups is 1. The van der Waals surface area contributed by atoms with E-state index in [2.05, 4.69) is 5.32 Å². The molecule has 0 saturated heterocycles. The molecule has 0 bridgehead atoms. The molecule has 1 unspecified atom stereocenters. The SMILES string of the molecule is COc1cc(C2C3=C(CCCC3=O)Nc3nc(SCc4ccccc4Cl)nn32)ccc1OCc1c(F)cccc1Cl. The Morgan fingerprint density at radius 2 is 1.90 bits per heavy atom. The molecule has 3 aromatic carbocycles. The summed E-state index contributed by atoms with van der Waals surface area (Å²) in [5.41, 5.74) is 3.57. The Bertz CT molecular complexity index is 1660. The van der Waals surface area contributed by atoms with E-state index < -0.39 is 11.9 Å². The summed E-state index contributed by atoms with van der Waals surface area (Å²) in [5.74, 6) is 1.66. The second-order valence-electron chi connectivity index (χ2n) is 9.64. The molecule has 6 rings (SSSR count). The Morgan fingerprint density at radius 3 is 2.71 bits per heavy atom. The van der Waals surface area contributed by atoms with Gasteiger partial charge in [0.1, 0.15) is 18.5 Å². The van der Waals surface area contributed by atoms with Gasteiger partial charge in [-0.15, -0.1) is 5.10 Å². The van der Waals surface area contributed by atoms with Crippen molar-refractivity contribution in [1.29, 1.82) is 0 Å². The number of benzene rings is 3. The highest BCUT2D eigenvalue weighted by Crippen LogP contribution is 2.43. The lowest BCUT2D eigenvalue weighted by molar-refractivity contribution is -0.116. The summed E-state index contributed by atoms with van der Waals surface area (Å²) in [5, 5.41) is 9.70. The monoisotopic (exact) mass is 610 g/mol. The first-order valence-corrected chi connectivity index (χ1v) is 14.8. The number of nitrogens with one attached hydrogen (secondary N) is 1. The molecule has 1 aliphatic carbocycles. The van der Waals surface area contributed by atoms with E-state index in [4.69, 9.17) is 42.8 Å². The van der Waals surface area contributed by atoms with Gasteiger partial charge in [0.05, 0.1) is 12.1 Å². The minimum atomic E-state index is -0.500. The number of allylic oxidation sites excluding steroid dienone is 2. The summed E-state index contributed by atoms with van der Waals surface area (Å²) >= 11 is 14.0. The third-order valence-corrected chi connectivity index (χ3v) is 8.71. The van der Waals surface area contributed by atoms with Crippen molar-refractivity contribution in [2.24, 2.45) is 0 Å². The topological polar surface area (TPSA) is 78.3 Å². The van der Waals surface area contributed by atoms with E-state index in [0.717, 1.165) is 29.7 Å². The summed E-state index contributed by atoms with van der Waals surface area (Å²) < 4.78 is 27.6. The van der Waals surface area contributed by atoms with Gasteiger partial charge in [-0.05, 0) is 54.3 Å². The molecule has 1 N–H and O–H groups in total. The largest absolute Gasteiger partial charge is 0.493 e. The smallest absolute Gasteiger partial charge is 0.227 e. The minimum absolute atomic E-state index is 0.0679. The van der Waals surface area contributed by atoms with Crippen molar-refractivity contribution in [1.82, 2.24) is 14.8 Å². The summed E-state index contributed by atoms with van der Waals surface area (Å²) in [4.78, 5) is 18.0. The second-order valence-corrected chi connectivity index (χ2v) is 11.4. The summed E-state index contributed by atoms with van der Waals surface area (Å²) in [6.45, 7) is -0.0679. The highest BCUT2D eigenvalue weighted by atomic mass is 35.5. The second kappa shape index (κ2) is 11.8. The number of rotatable bonds is 8. The number of anilines is 1. The van der Waals surface area contributed by atoms with Crippen LogP contribution in [-0.4, -0.2) is 27.7 Å². The Morgan fingerprint density at radius 1 is 1.07 bits per heavy atom. The standard InChI is InChI=1S/C30H25Cl2FN4O3S/c1-39-26-14-17(12-13-25(26)40-15-19-21(32)8-4-9-22(19)33)28-27-23(10-5-11-24(27)38)34-29-35-30(36-37(28)29)41-16-18-6-2-3-7-20(18)31/h2-4,6-9,12-14,28H,5,10-11,15-16H2,1H3,(H,34,35,36). The molecule has 0 saturated carbocycles. The molecular weight excluding hydrogens is 586 g/mol. The number of nitrogens with zero attached hydrogens (tertiary/aromatic N) is 3. The number of fused-ring (bicyclic) bond motifs is 1. The van der Waals surface area contributed by atoms with E-state index in [9.17, 15) is 9.18 Å². The van der Waals surface area contributed by atoms with E-state index in [-0.39, 0.29) is 23.0 Å². The first-order valence-electron chi connectivity index (χ1n) is 13.0. The number of aromatic nitrogens is 3. The minimum Gasteiger partial charge on any atom is -0.493 e. The molecule has 1 aliphatic heterocycles. The van der Waals surface area contributed by atoms with Crippen LogP contribution in [-0.2, 0) is 17.2 Å². The van der Waals surface area contributed by atoms with Crippen LogP contribution in [0.25, 0.3) is 0 Å². The van der Waals surface area contributed by atoms with Gasteiger partial charge in [0.15, 0.2) is 17.3 Å². The number of carbonyl (C=O) groups excluding carboxylic acids is 1. The summed E-state index contributed by atoms with van der Waals surface area (Å²) in [7, 11) is 1.53. The fraction of sp³-hybridized carbons (Fsp3) is 0.233. The molecule has 41 heavy (non-hydrogen) atoms. The van der Waals surface area contributed by atoms with Crippen LogP contribution in [0.1, 0.15) is 42.0 Å². The van der Waals surface area contributed by atoms with Crippen molar-refractivity contribution in [2.45, 2.75) is 42.8 Å². The average molecular weight is 612 g/mol. The maximum atomic E-state index is 14.3. The van der Waals surface area contributed by atoms with Crippen molar-refractivity contribution in [3.05, 3.63) is 104 Å². The van der Waals surface area contributed by atoms with Crippen LogP contribution in [0.4, 0.5) is 10.3 Å². The van der Waals surface area contributed by atoms with Gasteiger partial charge < -0.3 is 14.8 Å². The normalized spacial score (nSPS) is 16.2. The van der Waals surface area contributed by atoms with Gasteiger partial charge in [0.2, 0.25) is 11.1 Å². The molecule has 1 aromatic heterocycles. The van der Waals surface area contributed by atoms with Gasteiger partial charge >= 0.3 is 0 Å². The van der Waals surface area contributed by atoms with Crippen molar-refractivity contribution in [2.75, 3.05) is 12.4 Å². The molecule has 11 heteroatoms. The molecule has 1 atom stereocenters. The van der Waals surface area contributed by atoms with Crippen LogP contribution in [0.5, 0.6) is 11.5 Å². The number of Topliss-reactive ketones (excluding diaryl/α,β-unsaturated/α-hetero) is 1. The highest BCUT2D eigenvalue weighted by molar-refractivity contribution is 7.98. The molecule has 0 amide bonds. The zero-order chi connectivity index (χ0) is 28.5. The first kappa shape index (κ1) is 27.6. The number of carbonyl (C=O) groups is 1. The fourth-order valence-electron chi connectivity index (χ4n) is 5.06. The van der Waals surface area contributed by atoms with E-state index in [1.807, 2.05) is 36.4 Å². The molecule has 2 heterocycles. The number of ether oxygens (including phenoxy) is 2. The van der Waals surface area contributed by atoms with Crippen LogP contribution >= 0.6 is 35.0 Å². The molecule has 0 spiro atoms. The lowest BCUT2D eigenvalue weighted by Gasteiger charge is -2.32. The van der Waals surface area contributed by atoms with Crippen LogP contribution in [0.15, 0.2) is 77.1 Å². The number of hydrogen-bond donors (Lipinski definition) is 1. The zero-order valence-electron chi connectivity index (χ0n) is 22.0. The van der Waals surface area contributed by atoms with Crippen LogP contribution in [0.2, 0.25) is 10.0 Å². The number of ketones is 1. The summed E-state index contributed by atoms with van der Waals surface area (Å²) in [6.07, 6.45) is 1.99. The lowest BCUT2D eigenvalue weighted by atomic mass is 9.85. The van der Waals surface area contributed by atoms with E-state index in [0.29, 0.717) is 45.4 Å². The molecular formula is C30H25Cl2FN4O3S. The van der Waals surface area contributed by atoms with Gasteiger partial charge in [-0.3, -0.25) is 4.79 Å². The van der Waals surface area contributed by atoms with Gasteiger partial charge in [-0.2, -0.15) is 4.98 Å². The number of methoxy groups -OCH3 is 1. The fourth-order valence-corrected chi connectivity index (χ4v) is 6.39. The molecule has 4 aromatic rings. The van der Waals surface area contributed by atoms with Crippen molar-refractivity contribution in [3.63, 3.8) is 0 Å². The molecule has 210 valence electrons. The lowest BCUT2D eigenvalue weighted by Crippen LogP contribution is -2.31. The van der Waals surface area contributed by atoms with Gasteiger partial charge in [0.25, 0.3) is 0 Å². The maximum absolute atomic E-state index is 14.3. The van der Waals surface area contributed by atoms with Crippen molar-refractivity contribution >= 4 is 46.7 Å². The quantitative estimate of drug-likeness (QED) is 0.205. The van der Waals surface area contributed by atoms with Crippen molar-refractivity contribution in [3.8, 4) is 11.5 Å². The number of halogens is 3. The van der Waals surface area contributed by atoms with E-state index in [1.54, 1.807) is 22.9 Å². The zero-order valence-corrected chi connectivity index (χ0v) is 24.3. The van der Waals surface area contributed by atoms with Gasteiger partial charge in [-0.25, -0.2) is 9.07 Å². The van der Waals surface area contributed by atoms with Gasteiger partial charge in [-0.1, -0.05) is 65.3 Å². The van der Waals surface area contributed by atoms with Gasteiger partial charge in [0, 0.05) is 34.0 Å². The van der Waals surface area contributed by atoms with Crippen molar-refractivity contribution < 1.29 is 18.7 Å². The Labute approximate surface area is 250 Å². The third-order valence-electron chi connectivity index (χ3n) is 7.10. The predicted octanol–water partition coefficient (Wildman–Crippen LogP) is 7.63. The molecule has 0 radical (unpaired) electrons. The molecule has 7 nitrogen and oxygen atoms in total. The maximum Gasteiger partial charge on any atom is 0.227 e. The van der Waals surface area contributed by atoms with Crippen LogP contribution < -0.4 is 14.8 Å². The number of hydrogen-bond acceptors (Lipinski definition) is 7. The first-order chi connectivity index (χ1) is 19.9. The Hall–Kier alpha value is -3.53. The molecule has 0 fully saturated rings. The van der Waals surface area contributed by atoms with E-state index >= 15 is 0 Å². The highest BCUT2D eigenvalue weighted by Gasteiger charge is 2.37. The Balaban J connectivity index is 1.32. The summed E-state index contributed by atoms with van der Waals surface area (Å²) in [6, 6.07) is 17.1. The third kappa shape index (κ3) is 5.54. The van der Waals surface area contributed by atoms with E-state index in [1.165, 1.54) is 24.9 Å². The Kier molecular flexibility index (Phi) is 7.92. The van der Waals surface area contributed by atoms with Crippen LogP contribution in [0.3, 0.4) is 0 Å².